The van der Waals surface area contributed by atoms with Crippen LogP contribution in [0.25, 0.3) is 12.2 Å². The van der Waals surface area contributed by atoms with Gasteiger partial charge in [-0.3, -0.25) is 4.90 Å². The van der Waals surface area contributed by atoms with Crippen molar-refractivity contribution in [2.75, 3.05) is 13.2 Å². The van der Waals surface area contributed by atoms with E-state index in [0.29, 0.717) is 27.0 Å². The molecule has 5 rings (SSSR count). The molecule has 0 radical (unpaired) electrons. The summed E-state index contributed by atoms with van der Waals surface area (Å²) in [5.74, 6) is 0.936. The van der Waals surface area contributed by atoms with E-state index in [9.17, 15) is 4.79 Å². The molecule has 0 bridgehead atoms. The van der Waals surface area contributed by atoms with Gasteiger partial charge in [-0.25, -0.2) is 4.79 Å². The number of amides is 1. The summed E-state index contributed by atoms with van der Waals surface area (Å²) in [5, 5.41) is 11.5. The van der Waals surface area contributed by atoms with Crippen LogP contribution in [0.4, 0.5) is 4.79 Å². The van der Waals surface area contributed by atoms with E-state index in [4.69, 9.17) is 26.3 Å². The number of hydrogen-bond acceptors (Lipinski definition) is 4. The molecule has 0 saturated heterocycles. The first-order valence-corrected chi connectivity index (χ1v) is 12.6. The van der Waals surface area contributed by atoms with Gasteiger partial charge in [-0.1, -0.05) is 70.6 Å². The van der Waals surface area contributed by atoms with E-state index in [1.54, 1.807) is 29.2 Å². The lowest BCUT2D eigenvalue weighted by Crippen LogP contribution is -2.43. The highest BCUT2D eigenvalue weighted by atomic mass is 127. The van der Waals surface area contributed by atoms with Crippen molar-refractivity contribution in [2.45, 2.75) is 22.8 Å². The van der Waals surface area contributed by atoms with Crippen molar-refractivity contribution < 1.29 is 14.3 Å². The molecule has 1 aliphatic heterocycles. The second kappa shape index (κ2) is 9.72. The van der Waals surface area contributed by atoms with Crippen molar-refractivity contribution in [3.05, 3.63) is 80.9 Å². The summed E-state index contributed by atoms with van der Waals surface area (Å²) in [6.45, 7) is 0.493. The van der Waals surface area contributed by atoms with E-state index in [0.717, 1.165) is 29.4 Å². The molecule has 172 valence electrons. The molecule has 2 aliphatic rings. The van der Waals surface area contributed by atoms with Crippen LogP contribution in [0.15, 0.2) is 48.5 Å². The van der Waals surface area contributed by atoms with Crippen LogP contribution >= 0.6 is 34.2 Å². The van der Waals surface area contributed by atoms with Gasteiger partial charge in [-0.05, 0) is 53.5 Å². The summed E-state index contributed by atoms with van der Waals surface area (Å²) in [6, 6.07) is 16.1. The molecule has 6 nitrogen and oxygen atoms in total. The number of hydrogen-bond donors (Lipinski definition) is 1. The van der Waals surface area contributed by atoms with Gasteiger partial charge in [-0.2, -0.15) is 5.26 Å². The Balaban J connectivity index is 1.56. The lowest BCUT2D eigenvalue weighted by Gasteiger charge is -2.35. The zero-order valence-corrected chi connectivity index (χ0v) is 21.0. The SMILES string of the molecule is N#CCOc1ccc(C2c3[nH]c4c(c3CCN2C(=O)Oc2ccccc2Cl)=CC(I)CC=4)cc1. The van der Waals surface area contributed by atoms with E-state index in [1.807, 2.05) is 30.3 Å². The Morgan fingerprint density at radius 3 is 2.79 bits per heavy atom. The van der Waals surface area contributed by atoms with Crippen LogP contribution in [-0.2, 0) is 6.42 Å². The van der Waals surface area contributed by atoms with Gasteiger partial charge < -0.3 is 14.5 Å². The first-order chi connectivity index (χ1) is 16.5. The molecular formula is C26H21ClIN3O3. The molecular weight excluding hydrogens is 565 g/mol. The highest BCUT2D eigenvalue weighted by Crippen LogP contribution is 2.35. The quantitative estimate of drug-likeness (QED) is 0.362. The van der Waals surface area contributed by atoms with E-state index in [1.165, 1.54) is 10.8 Å². The van der Waals surface area contributed by atoms with Gasteiger partial charge in [0.15, 0.2) is 12.4 Å². The number of para-hydroxylation sites is 1. The maximum atomic E-state index is 13.4. The molecule has 1 aliphatic carbocycles. The number of H-pyrrole nitrogens is 1. The summed E-state index contributed by atoms with van der Waals surface area (Å²) in [6.07, 6.45) is 5.78. The van der Waals surface area contributed by atoms with Gasteiger partial charge in [0, 0.05) is 21.5 Å². The average molecular weight is 586 g/mol. The third-order valence-corrected chi connectivity index (χ3v) is 7.24. The second-order valence-electron chi connectivity index (χ2n) is 8.13. The van der Waals surface area contributed by atoms with E-state index < -0.39 is 6.09 Å². The molecule has 2 atom stereocenters. The van der Waals surface area contributed by atoms with E-state index >= 15 is 0 Å². The molecule has 3 aromatic rings. The summed E-state index contributed by atoms with van der Waals surface area (Å²) >= 11 is 8.69. The molecule has 2 heterocycles. The lowest BCUT2D eigenvalue weighted by atomic mass is 9.93. The number of benzene rings is 2. The van der Waals surface area contributed by atoms with Crippen LogP contribution in [0.5, 0.6) is 11.5 Å². The molecule has 0 spiro atoms. The summed E-state index contributed by atoms with van der Waals surface area (Å²) in [4.78, 5) is 18.7. The molecule has 1 aromatic heterocycles. The Morgan fingerprint density at radius 1 is 1.24 bits per heavy atom. The molecule has 0 saturated carbocycles. The number of nitriles is 1. The minimum atomic E-state index is -0.458. The van der Waals surface area contributed by atoms with Gasteiger partial charge in [-0.15, -0.1) is 0 Å². The molecule has 2 aromatic carbocycles. The first kappa shape index (κ1) is 22.8. The highest BCUT2D eigenvalue weighted by molar-refractivity contribution is 14.1. The van der Waals surface area contributed by atoms with Gasteiger partial charge >= 0.3 is 6.09 Å². The number of aromatic amines is 1. The number of carbonyl (C=O) groups excluding carboxylic acids is 1. The number of ether oxygens (including phenoxy) is 2. The maximum absolute atomic E-state index is 13.4. The molecule has 1 N–H and O–H groups in total. The maximum Gasteiger partial charge on any atom is 0.416 e. The normalized spacial score (nSPS) is 18.6. The highest BCUT2D eigenvalue weighted by Gasteiger charge is 2.35. The van der Waals surface area contributed by atoms with Gasteiger partial charge in [0.1, 0.15) is 17.9 Å². The Bertz CT molecular complexity index is 1390. The van der Waals surface area contributed by atoms with Crippen molar-refractivity contribution in [1.82, 2.24) is 9.88 Å². The number of alkyl halides is 1. The van der Waals surface area contributed by atoms with E-state index in [2.05, 4.69) is 39.7 Å². The predicted molar refractivity (Wildman–Crippen MR) is 139 cm³/mol. The van der Waals surface area contributed by atoms with E-state index in [-0.39, 0.29) is 12.6 Å². The fourth-order valence-corrected chi connectivity index (χ4v) is 5.32. The Hall–Kier alpha value is -2.96. The Labute approximate surface area is 215 Å². The number of nitrogens with zero attached hydrogens (tertiary/aromatic N) is 2. The van der Waals surface area contributed by atoms with Crippen molar-refractivity contribution in [3.63, 3.8) is 0 Å². The molecule has 2 unspecified atom stereocenters. The minimum absolute atomic E-state index is 0.0182. The monoisotopic (exact) mass is 585 g/mol. The zero-order chi connectivity index (χ0) is 23.7. The van der Waals surface area contributed by atoms with Crippen LogP contribution in [0.3, 0.4) is 0 Å². The summed E-state index contributed by atoms with van der Waals surface area (Å²) < 4.78 is 11.6. The lowest BCUT2D eigenvalue weighted by molar-refractivity contribution is 0.135. The zero-order valence-electron chi connectivity index (χ0n) is 18.1. The minimum Gasteiger partial charge on any atom is -0.479 e. The van der Waals surface area contributed by atoms with Crippen molar-refractivity contribution >= 4 is 52.4 Å². The fourth-order valence-electron chi connectivity index (χ4n) is 4.53. The number of rotatable bonds is 4. The third-order valence-electron chi connectivity index (χ3n) is 6.06. The van der Waals surface area contributed by atoms with Crippen molar-refractivity contribution in [1.29, 1.82) is 5.26 Å². The Kier molecular flexibility index (Phi) is 6.53. The predicted octanol–water partition coefficient (Wildman–Crippen LogP) is 4.49. The number of carbonyl (C=O) groups is 1. The molecule has 34 heavy (non-hydrogen) atoms. The fraction of sp³-hybridized carbons (Fsp3) is 0.231. The van der Waals surface area contributed by atoms with Crippen molar-refractivity contribution in [2.24, 2.45) is 0 Å². The molecule has 0 fully saturated rings. The standard InChI is InChI=1S/C26H21ClIN3O3/c27-21-3-1-2-4-23(21)34-26(32)31-13-11-19-20-15-17(28)7-10-22(20)30-24(19)25(31)16-5-8-18(9-6-16)33-14-12-29/h1-6,8-10,15,17,25,30H,7,11,13-14H2. The van der Waals surface area contributed by atoms with Crippen LogP contribution in [0.1, 0.15) is 29.3 Å². The number of fused-ring (bicyclic) bond motifs is 3. The van der Waals surface area contributed by atoms with Crippen LogP contribution in [0.2, 0.25) is 5.02 Å². The topological polar surface area (TPSA) is 78.4 Å². The summed E-state index contributed by atoms with van der Waals surface area (Å²) in [5.41, 5.74) is 3.16. The molecule has 1 amide bonds. The largest absolute Gasteiger partial charge is 0.479 e. The number of aromatic nitrogens is 1. The van der Waals surface area contributed by atoms with Crippen LogP contribution in [0, 0.1) is 11.3 Å². The van der Waals surface area contributed by atoms with Gasteiger partial charge in [0.05, 0.1) is 5.02 Å². The first-order valence-electron chi connectivity index (χ1n) is 10.9. The second-order valence-corrected chi connectivity index (χ2v) is 10.1. The summed E-state index contributed by atoms with van der Waals surface area (Å²) in [7, 11) is 0. The van der Waals surface area contributed by atoms with Crippen LogP contribution < -0.4 is 20.0 Å². The van der Waals surface area contributed by atoms with Crippen molar-refractivity contribution in [3.8, 4) is 17.6 Å². The van der Waals surface area contributed by atoms with Crippen LogP contribution in [-0.4, -0.2) is 33.1 Å². The Morgan fingerprint density at radius 2 is 2.03 bits per heavy atom. The number of halogens is 2. The average Bonchev–Trinajstić information content (AvgIpc) is 3.21. The number of nitrogens with one attached hydrogen (secondary N) is 1. The smallest absolute Gasteiger partial charge is 0.416 e. The van der Waals surface area contributed by atoms with Gasteiger partial charge in [0.25, 0.3) is 0 Å². The molecule has 8 heteroatoms. The van der Waals surface area contributed by atoms with Gasteiger partial charge in [0.2, 0.25) is 0 Å². The third kappa shape index (κ3) is 4.40.